The van der Waals surface area contributed by atoms with E-state index in [1.807, 2.05) is 6.92 Å². The van der Waals surface area contributed by atoms with Crippen molar-refractivity contribution in [3.8, 4) is 11.5 Å². The zero-order chi connectivity index (χ0) is 16.8. The smallest absolute Gasteiger partial charge is 0.343 e. The Morgan fingerprint density at radius 3 is 2.26 bits per heavy atom. The summed E-state index contributed by atoms with van der Waals surface area (Å²) in [6.07, 6.45) is 0.705. The van der Waals surface area contributed by atoms with E-state index < -0.39 is 5.97 Å². The molecule has 0 aliphatic carbocycles. The van der Waals surface area contributed by atoms with Gasteiger partial charge in [-0.25, -0.2) is 4.79 Å². The largest absolute Gasteiger partial charge is 0.426 e. The van der Waals surface area contributed by atoms with Crippen LogP contribution in [0.25, 0.3) is 0 Å². The molecule has 2 rings (SSSR count). The third kappa shape index (κ3) is 4.93. The molecule has 0 amide bonds. The monoisotopic (exact) mass is 376 g/mol. The highest BCUT2D eigenvalue weighted by atomic mass is 79.9. The second kappa shape index (κ2) is 7.92. The number of esters is 2. The highest BCUT2D eigenvalue weighted by molar-refractivity contribution is 9.10. The molecule has 0 aliphatic heterocycles. The lowest BCUT2D eigenvalue weighted by Crippen LogP contribution is -2.17. The van der Waals surface area contributed by atoms with Crippen LogP contribution >= 0.6 is 15.9 Å². The first-order valence-corrected chi connectivity index (χ1v) is 8.08. The van der Waals surface area contributed by atoms with Gasteiger partial charge in [0.15, 0.2) is 0 Å². The van der Waals surface area contributed by atoms with E-state index in [0.717, 1.165) is 4.47 Å². The van der Waals surface area contributed by atoms with Crippen molar-refractivity contribution >= 4 is 27.9 Å². The van der Waals surface area contributed by atoms with Crippen molar-refractivity contribution in [3.63, 3.8) is 0 Å². The normalized spacial score (nSPS) is 11.6. The van der Waals surface area contributed by atoms with Crippen molar-refractivity contribution in [2.24, 2.45) is 5.92 Å². The fraction of sp³-hybridized carbons (Fsp3) is 0.222. The number of ether oxygens (including phenoxy) is 2. The third-order valence-corrected chi connectivity index (χ3v) is 3.86. The predicted molar refractivity (Wildman–Crippen MR) is 90.6 cm³/mol. The van der Waals surface area contributed by atoms with E-state index in [1.54, 1.807) is 49.4 Å². The van der Waals surface area contributed by atoms with Crippen LogP contribution < -0.4 is 9.47 Å². The molecule has 0 fully saturated rings. The van der Waals surface area contributed by atoms with E-state index in [-0.39, 0.29) is 11.9 Å². The van der Waals surface area contributed by atoms with Crippen LogP contribution in [0.5, 0.6) is 11.5 Å². The average molecular weight is 377 g/mol. The fourth-order valence-corrected chi connectivity index (χ4v) is 2.00. The van der Waals surface area contributed by atoms with Crippen LogP contribution in [0.3, 0.4) is 0 Å². The van der Waals surface area contributed by atoms with Crippen LogP contribution in [0.15, 0.2) is 53.0 Å². The Balaban J connectivity index is 2.06. The summed E-state index contributed by atoms with van der Waals surface area (Å²) in [6.45, 7) is 3.72. The quantitative estimate of drug-likeness (QED) is 0.564. The van der Waals surface area contributed by atoms with E-state index >= 15 is 0 Å². The highest BCUT2D eigenvalue weighted by Gasteiger charge is 2.14. The lowest BCUT2D eigenvalue weighted by Gasteiger charge is -2.10. The second-order valence-corrected chi connectivity index (χ2v) is 6.02. The van der Waals surface area contributed by atoms with Gasteiger partial charge in [0.1, 0.15) is 11.5 Å². The number of carbonyl (C=O) groups is 2. The lowest BCUT2D eigenvalue weighted by molar-refractivity contribution is -0.138. The van der Waals surface area contributed by atoms with Crippen molar-refractivity contribution in [2.45, 2.75) is 20.3 Å². The number of rotatable bonds is 5. The van der Waals surface area contributed by atoms with Crippen LogP contribution in [-0.4, -0.2) is 11.9 Å². The molecule has 0 aliphatic rings. The van der Waals surface area contributed by atoms with Crippen LogP contribution in [-0.2, 0) is 4.79 Å². The average Bonchev–Trinajstić information content (AvgIpc) is 2.54. The summed E-state index contributed by atoms with van der Waals surface area (Å²) in [6, 6.07) is 13.3. The van der Waals surface area contributed by atoms with E-state index in [4.69, 9.17) is 9.47 Å². The first-order chi connectivity index (χ1) is 11.0. The topological polar surface area (TPSA) is 52.6 Å². The SMILES string of the molecule is CCC(C)C(=O)Oc1cccc(OC(=O)c2ccc(Br)cc2)c1. The summed E-state index contributed by atoms with van der Waals surface area (Å²) in [5, 5.41) is 0. The van der Waals surface area contributed by atoms with Gasteiger partial charge in [-0.1, -0.05) is 35.8 Å². The Hall–Kier alpha value is -2.14. The zero-order valence-electron chi connectivity index (χ0n) is 12.9. The summed E-state index contributed by atoms with van der Waals surface area (Å²) >= 11 is 3.31. The standard InChI is InChI=1S/C18H17BrO4/c1-3-12(2)17(20)22-15-5-4-6-16(11-15)23-18(21)13-7-9-14(19)10-8-13/h4-12H,3H2,1-2H3. The van der Waals surface area contributed by atoms with Gasteiger partial charge in [0.2, 0.25) is 0 Å². The molecule has 5 heteroatoms. The van der Waals surface area contributed by atoms with Crippen molar-refractivity contribution in [1.29, 1.82) is 0 Å². The molecule has 120 valence electrons. The van der Waals surface area contributed by atoms with Crippen molar-refractivity contribution in [2.75, 3.05) is 0 Å². The number of halogens is 1. The molecule has 0 saturated carbocycles. The summed E-state index contributed by atoms with van der Waals surface area (Å²) in [7, 11) is 0. The van der Waals surface area contributed by atoms with Gasteiger partial charge < -0.3 is 9.47 Å². The molecule has 0 N–H and O–H groups in total. The molecule has 2 aromatic rings. The van der Waals surface area contributed by atoms with Crippen LogP contribution in [0.1, 0.15) is 30.6 Å². The molecule has 0 bridgehead atoms. The van der Waals surface area contributed by atoms with Crippen molar-refractivity contribution in [3.05, 3.63) is 58.6 Å². The molecule has 0 saturated heterocycles. The maximum atomic E-state index is 12.1. The maximum absolute atomic E-state index is 12.1. The van der Waals surface area contributed by atoms with Gasteiger partial charge in [0, 0.05) is 10.5 Å². The van der Waals surface area contributed by atoms with Crippen LogP contribution in [0.4, 0.5) is 0 Å². The van der Waals surface area contributed by atoms with Crippen LogP contribution in [0.2, 0.25) is 0 Å². The minimum absolute atomic E-state index is 0.177. The summed E-state index contributed by atoms with van der Waals surface area (Å²) < 4.78 is 11.5. The number of carbonyl (C=O) groups excluding carboxylic acids is 2. The van der Waals surface area contributed by atoms with E-state index in [0.29, 0.717) is 23.5 Å². The van der Waals surface area contributed by atoms with Crippen molar-refractivity contribution in [1.82, 2.24) is 0 Å². The lowest BCUT2D eigenvalue weighted by atomic mass is 10.1. The molecule has 0 spiro atoms. The van der Waals surface area contributed by atoms with Gasteiger partial charge in [0.05, 0.1) is 11.5 Å². The number of hydrogen-bond donors (Lipinski definition) is 0. The van der Waals surface area contributed by atoms with Gasteiger partial charge in [0.25, 0.3) is 0 Å². The molecule has 1 unspecified atom stereocenters. The van der Waals surface area contributed by atoms with E-state index in [9.17, 15) is 9.59 Å². The molecular weight excluding hydrogens is 360 g/mol. The Morgan fingerprint density at radius 2 is 1.65 bits per heavy atom. The molecule has 4 nitrogen and oxygen atoms in total. The van der Waals surface area contributed by atoms with E-state index in [1.165, 1.54) is 6.07 Å². The van der Waals surface area contributed by atoms with Gasteiger partial charge in [-0.2, -0.15) is 0 Å². The second-order valence-electron chi connectivity index (χ2n) is 5.10. The molecule has 0 aromatic heterocycles. The maximum Gasteiger partial charge on any atom is 0.343 e. The minimum atomic E-state index is -0.470. The molecule has 0 radical (unpaired) electrons. The number of hydrogen-bond acceptors (Lipinski definition) is 4. The summed E-state index contributed by atoms with van der Waals surface area (Å²) in [5.41, 5.74) is 0.440. The molecular formula is C18H17BrO4. The zero-order valence-corrected chi connectivity index (χ0v) is 14.5. The number of benzene rings is 2. The molecule has 1 atom stereocenters. The molecule has 23 heavy (non-hydrogen) atoms. The van der Waals surface area contributed by atoms with Crippen molar-refractivity contribution < 1.29 is 19.1 Å². The molecule has 2 aromatic carbocycles. The Labute approximate surface area is 143 Å². The minimum Gasteiger partial charge on any atom is -0.426 e. The summed E-state index contributed by atoms with van der Waals surface area (Å²) in [5.74, 6) is -0.264. The Bertz CT molecular complexity index is 694. The van der Waals surface area contributed by atoms with Gasteiger partial charge in [-0.05, 0) is 42.8 Å². The fourth-order valence-electron chi connectivity index (χ4n) is 1.74. The Morgan fingerprint density at radius 1 is 1.04 bits per heavy atom. The van der Waals surface area contributed by atoms with Crippen LogP contribution in [0, 0.1) is 5.92 Å². The van der Waals surface area contributed by atoms with Gasteiger partial charge >= 0.3 is 11.9 Å². The third-order valence-electron chi connectivity index (χ3n) is 3.33. The van der Waals surface area contributed by atoms with E-state index in [2.05, 4.69) is 15.9 Å². The first kappa shape index (κ1) is 17.2. The van der Waals surface area contributed by atoms with Gasteiger partial charge in [-0.3, -0.25) is 4.79 Å². The summed E-state index contributed by atoms with van der Waals surface area (Å²) in [4.78, 5) is 23.9. The molecule has 0 heterocycles. The highest BCUT2D eigenvalue weighted by Crippen LogP contribution is 2.22. The Kier molecular flexibility index (Phi) is 5.93. The first-order valence-electron chi connectivity index (χ1n) is 7.29. The van der Waals surface area contributed by atoms with Gasteiger partial charge in [-0.15, -0.1) is 0 Å². The predicted octanol–water partition coefficient (Wildman–Crippen LogP) is 4.62.